The highest BCUT2D eigenvalue weighted by Gasteiger charge is 2.06. The van der Waals surface area contributed by atoms with Crippen molar-refractivity contribution in [1.29, 1.82) is 0 Å². The molecule has 1 atom stereocenters. The summed E-state index contributed by atoms with van der Waals surface area (Å²) in [6.45, 7) is 6.97. The highest BCUT2D eigenvalue weighted by Crippen LogP contribution is 2.01. The second kappa shape index (κ2) is 8.18. The average molecular weight is 256 g/mol. The summed E-state index contributed by atoms with van der Waals surface area (Å²) in [5, 5.41) is 16.9. The summed E-state index contributed by atoms with van der Waals surface area (Å²) in [5.41, 5.74) is 0. The lowest BCUT2D eigenvalue weighted by Crippen LogP contribution is -2.24. The van der Waals surface area contributed by atoms with E-state index in [4.69, 9.17) is 4.74 Å². The maximum absolute atomic E-state index is 9.48. The molecule has 1 rings (SSSR count). The summed E-state index contributed by atoms with van der Waals surface area (Å²) in [4.78, 5) is 4.22. The van der Waals surface area contributed by atoms with E-state index in [-0.39, 0.29) is 0 Å². The molecule has 1 unspecified atom stereocenters. The van der Waals surface area contributed by atoms with Gasteiger partial charge in [-0.25, -0.2) is 9.67 Å². The molecule has 2 N–H and O–H groups in total. The van der Waals surface area contributed by atoms with Crippen molar-refractivity contribution in [2.24, 2.45) is 5.92 Å². The van der Waals surface area contributed by atoms with E-state index in [0.717, 1.165) is 18.9 Å². The van der Waals surface area contributed by atoms with Gasteiger partial charge >= 0.3 is 0 Å². The lowest BCUT2D eigenvalue weighted by molar-refractivity contribution is 0.0593. The summed E-state index contributed by atoms with van der Waals surface area (Å²) in [7, 11) is 1.59. The van der Waals surface area contributed by atoms with Crippen LogP contribution in [0.4, 0.5) is 0 Å². The van der Waals surface area contributed by atoms with E-state index in [1.807, 2.05) is 4.68 Å². The van der Waals surface area contributed by atoms with Crippen molar-refractivity contribution in [2.45, 2.75) is 39.5 Å². The molecule has 1 heterocycles. The van der Waals surface area contributed by atoms with Crippen LogP contribution in [0.25, 0.3) is 0 Å². The predicted molar refractivity (Wildman–Crippen MR) is 69.1 cm³/mol. The maximum Gasteiger partial charge on any atom is 0.140 e. The Labute approximate surface area is 108 Å². The summed E-state index contributed by atoms with van der Waals surface area (Å²) < 4.78 is 6.79. The second-order valence-electron chi connectivity index (χ2n) is 4.83. The molecule has 0 spiro atoms. The van der Waals surface area contributed by atoms with Crippen LogP contribution < -0.4 is 5.32 Å². The standard InChI is InChI=1S/C12H24N4O2/c1-10(2)7-16-12(14-9-15-16)6-13-5-4-11(17)8-18-3/h9-11,13,17H,4-8H2,1-3H3. The molecule has 0 aromatic carbocycles. The molecule has 6 nitrogen and oxygen atoms in total. The number of hydrogen-bond acceptors (Lipinski definition) is 5. The molecule has 0 aliphatic rings. The van der Waals surface area contributed by atoms with Crippen LogP contribution in [-0.4, -0.2) is 46.2 Å². The van der Waals surface area contributed by atoms with Crippen LogP contribution in [0.1, 0.15) is 26.1 Å². The summed E-state index contributed by atoms with van der Waals surface area (Å²) in [6.07, 6.45) is 1.85. The van der Waals surface area contributed by atoms with Crippen molar-refractivity contribution in [3.8, 4) is 0 Å². The van der Waals surface area contributed by atoms with Crippen LogP contribution in [0.3, 0.4) is 0 Å². The van der Waals surface area contributed by atoms with Crippen molar-refractivity contribution in [1.82, 2.24) is 20.1 Å². The first kappa shape index (κ1) is 15.1. The fraction of sp³-hybridized carbons (Fsp3) is 0.833. The number of aliphatic hydroxyl groups is 1. The van der Waals surface area contributed by atoms with Crippen molar-refractivity contribution >= 4 is 0 Å². The third-order valence-electron chi connectivity index (χ3n) is 2.53. The Balaban J connectivity index is 2.25. The average Bonchev–Trinajstić information content (AvgIpc) is 2.71. The van der Waals surface area contributed by atoms with Gasteiger partial charge in [-0.1, -0.05) is 13.8 Å². The Bertz CT molecular complexity index is 328. The SMILES string of the molecule is COCC(O)CCNCc1ncnn1CC(C)C. The monoisotopic (exact) mass is 256 g/mol. The zero-order valence-electron chi connectivity index (χ0n) is 11.5. The fourth-order valence-electron chi connectivity index (χ4n) is 1.67. The van der Waals surface area contributed by atoms with Crippen LogP contribution in [-0.2, 0) is 17.8 Å². The van der Waals surface area contributed by atoms with E-state index in [9.17, 15) is 5.11 Å². The molecular formula is C12H24N4O2. The molecule has 0 bridgehead atoms. The van der Waals surface area contributed by atoms with Crippen molar-refractivity contribution < 1.29 is 9.84 Å². The summed E-state index contributed by atoms with van der Waals surface area (Å²) in [5.74, 6) is 1.49. The molecule has 1 aromatic rings. The largest absolute Gasteiger partial charge is 0.391 e. The molecule has 0 amide bonds. The van der Waals surface area contributed by atoms with E-state index in [1.54, 1.807) is 13.4 Å². The normalized spacial score (nSPS) is 13.2. The van der Waals surface area contributed by atoms with Gasteiger partial charge < -0.3 is 15.2 Å². The molecular weight excluding hydrogens is 232 g/mol. The van der Waals surface area contributed by atoms with Gasteiger partial charge in [-0.15, -0.1) is 0 Å². The number of nitrogens with one attached hydrogen (secondary N) is 1. The molecule has 0 aliphatic carbocycles. The lowest BCUT2D eigenvalue weighted by Gasteiger charge is -2.11. The van der Waals surface area contributed by atoms with Gasteiger partial charge in [0.05, 0.1) is 19.3 Å². The van der Waals surface area contributed by atoms with Crippen LogP contribution in [0.5, 0.6) is 0 Å². The minimum Gasteiger partial charge on any atom is -0.391 e. The fourth-order valence-corrected chi connectivity index (χ4v) is 1.67. The van der Waals surface area contributed by atoms with E-state index in [1.165, 1.54) is 0 Å². The molecule has 18 heavy (non-hydrogen) atoms. The van der Waals surface area contributed by atoms with Gasteiger partial charge in [-0.05, 0) is 18.9 Å². The number of aliphatic hydroxyl groups excluding tert-OH is 1. The zero-order chi connectivity index (χ0) is 13.4. The third kappa shape index (κ3) is 5.57. The molecule has 0 saturated carbocycles. The van der Waals surface area contributed by atoms with E-state index in [0.29, 0.717) is 25.5 Å². The second-order valence-corrected chi connectivity index (χ2v) is 4.83. The first-order valence-electron chi connectivity index (χ1n) is 6.38. The number of aromatic nitrogens is 3. The molecule has 0 aliphatic heterocycles. The molecule has 6 heteroatoms. The van der Waals surface area contributed by atoms with Gasteiger partial charge in [0, 0.05) is 13.7 Å². The summed E-state index contributed by atoms with van der Waals surface area (Å²) in [6, 6.07) is 0. The van der Waals surface area contributed by atoms with Crippen LogP contribution in [0, 0.1) is 5.92 Å². The van der Waals surface area contributed by atoms with Crippen LogP contribution >= 0.6 is 0 Å². The Morgan fingerprint density at radius 2 is 2.28 bits per heavy atom. The lowest BCUT2D eigenvalue weighted by atomic mass is 10.2. The summed E-state index contributed by atoms with van der Waals surface area (Å²) >= 11 is 0. The minimum atomic E-state index is -0.406. The number of rotatable bonds is 9. The highest BCUT2D eigenvalue weighted by molar-refractivity contribution is 4.84. The van der Waals surface area contributed by atoms with Gasteiger partial charge in [0.25, 0.3) is 0 Å². The quantitative estimate of drug-likeness (QED) is 0.627. The van der Waals surface area contributed by atoms with E-state index >= 15 is 0 Å². The maximum atomic E-state index is 9.48. The van der Waals surface area contributed by atoms with E-state index in [2.05, 4.69) is 29.2 Å². The molecule has 0 radical (unpaired) electrons. The van der Waals surface area contributed by atoms with Crippen LogP contribution in [0.2, 0.25) is 0 Å². The zero-order valence-corrected chi connectivity index (χ0v) is 11.5. The Hall–Kier alpha value is -0.980. The highest BCUT2D eigenvalue weighted by atomic mass is 16.5. The first-order valence-corrected chi connectivity index (χ1v) is 6.38. The van der Waals surface area contributed by atoms with Gasteiger partial charge in [0.2, 0.25) is 0 Å². The first-order chi connectivity index (χ1) is 8.63. The van der Waals surface area contributed by atoms with Crippen molar-refractivity contribution in [3.05, 3.63) is 12.2 Å². The predicted octanol–water partition coefficient (Wildman–Crippen LogP) is 0.421. The number of hydrogen-bond donors (Lipinski definition) is 2. The van der Waals surface area contributed by atoms with Crippen LogP contribution in [0.15, 0.2) is 6.33 Å². The Morgan fingerprint density at radius 1 is 1.50 bits per heavy atom. The van der Waals surface area contributed by atoms with Crippen molar-refractivity contribution in [3.63, 3.8) is 0 Å². The number of methoxy groups -OCH3 is 1. The molecule has 1 aromatic heterocycles. The van der Waals surface area contributed by atoms with Gasteiger partial charge in [0.1, 0.15) is 12.2 Å². The molecule has 104 valence electrons. The van der Waals surface area contributed by atoms with Gasteiger partial charge in [-0.3, -0.25) is 0 Å². The van der Waals surface area contributed by atoms with Crippen molar-refractivity contribution in [2.75, 3.05) is 20.3 Å². The Morgan fingerprint density at radius 3 is 2.94 bits per heavy atom. The third-order valence-corrected chi connectivity index (χ3v) is 2.53. The minimum absolute atomic E-state index is 0.380. The number of nitrogens with zero attached hydrogens (tertiary/aromatic N) is 3. The van der Waals surface area contributed by atoms with E-state index < -0.39 is 6.10 Å². The Kier molecular flexibility index (Phi) is 6.85. The molecule has 0 fully saturated rings. The smallest absolute Gasteiger partial charge is 0.140 e. The number of ether oxygens (including phenoxy) is 1. The molecule has 0 saturated heterocycles. The topological polar surface area (TPSA) is 72.2 Å². The van der Waals surface area contributed by atoms with Gasteiger partial charge in [-0.2, -0.15) is 5.10 Å². The van der Waals surface area contributed by atoms with Gasteiger partial charge in [0.15, 0.2) is 0 Å².